The molecule has 1 aromatic heterocycles. The van der Waals surface area contributed by atoms with Gasteiger partial charge in [-0.1, -0.05) is 24.3 Å². The van der Waals surface area contributed by atoms with Gasteiger partial charge in [-0.3, -0.25) is 9.69 Å². The summed E-state index contributed by atoms with van der Waals surface area (Å²) < 4.78 is 5.59. The Bertz CT molecular complexity index is 914. The van der Waals surface area contributed by atoms with Crippen molar-refractivity contribution in [2.24, 2.45) is 5.92 Å². The maximum absolute atomic E-state index is 12.1. The molecule has 0 spiro atoms. The first-order chi connectivity index (χ1) is 14.3. The van der Waals surface area contributed by atoms with Crippen molar-refractivity contribution in [3.63, 3.8) is 0 Å². The number of nitrogens with one attached hydrogen (secondary N) is 2. The Morgan fingerprint density at radius 1 is 1.10 bits per heavy atom. The molecular weight excluding hydrogens is 362 g/mol. The zero-order valence-electron chi connectivity index (χ0n) is 16.8. The molecule has 0 unspecified atom stereocenters. The monoisotopic (exact) mass is 391 g/mol. The van der Waals surface area contributed by atoms with E-state index in [-0.39, 0.29) is 5.91 Å². The topological polar surface area (TPSA) is 57.4 Å². The first-order valence-corrected chi connectivity index (χ1v) is 10.5. The molecule has 4 rings (SSSR count). The normalized spacial score (nSPS) is 15.4. The molecule has 29 heavy (non-hydrogen) atoms. The molecule has 0 radical (unpaired) electrons. The number of carbonyl (C=O) groups excluding carboxylic acids is 1. The Kier molecular flexibility index (Phi) is 6.47. The smallest absolute Gasteiger partial charge is 0.223 e. The van der Waals surface area contributed by atoms with E-state index in [0.29, 0.717) is 18.9 Å². The van der Waals surface area contributed by atoms with Gasteiger partial charge in [0.2, 0.25) is 5.91 Å². The van der Waals surface area contributed by atoms with Crippen LogP contribution in [-0.4, -0.2) is 42.0 Å². The molecule has 0 bridgehead atoms. The van der Waals surface area contributed by atoms with Crippen molar-refractivity contribution in [3.8, 4) is 5.75 Å². The maximum Gasteiger partial charge on any atom is 0.223 e. The van der Waals surface area contributed by atoms with Crippen molar-refractivity contribution in [2.75, 3.05) is 26.2 Å². The van der Waals surface area contributed by atoms with E-state index in [1.54, 1.807) is 0 Å². The van der Waals surface area contributed by atoms with Gasteiger partial charge in [0.05, 0.1) is 13.0 Å². The lowest BCUT2D eigenvalue weighted by atomic mass is 9.96. The number of amides is 1. The van der Waals surface area contributed by atoms with Crippen molar-refractivity contribution in [3.05, 3.63) is 66.4 Å². The highest BCUT2D eigenvalue weighted by atomic mass is 16.5. The minimum Gasteiger partial charge on any atom is -0.493 e. The number of para-hydroxylation sites is 1. The van der Waals surface area contributed by atoms with Gasteiger partial charge in [-0.25, -0.2) is 0 Å². The summed E-state index contributed by atoms with van der Waals surface area (Å²) in [5.41, 5.74) is 2.56. The molecule has 5 nitrogen and oxygen atoms in total. The highest BCUT2D eigenvalue weighted by Crippen LogP contribution is 2.20. The van der Waals surface area contributed by atoms with Gasteiger partial charge in [-0.2, -0.15) is 0 Å². The summed E-state index contributed by atoms with van der Waals surface area (Å²) in [6.45, 7) is 4.36. The number of hydrogen-bond acceptors (Lipinski definition) is 3. The van der Waals surface area contributed by atoms with Crippen molar-refractivity contribution in [1.29, 1.82) is 0 Å². The third-order valence-corrected chi connectivity index (χ3v) is 5.66. The number of aromatic nitrogens is 1. The fourth-order valence-electron chi connectivity index (χ4n) is 3.93. The van der Waals surface area contributed by atoms with Crippen LogP contribution >= 0.6 is 0 Å². The first kappa shape index (κ1) is 19.5. The van der Waals surface area contributed by atoms with Gasteiger partial charge in [0.15, 0.2) is 0 Å². The van der Waals surface area contributed by atoms with E-state index in [1.807, 2.05) is 36.5 Å². The quantitative estimate of drug-likeness (QED) is 0.611. The fourth-order valence-corrected chi connectivity index (χ4v) is 3.93. The molecule has 0 atom stereocenters. The lowest BCUT2D eigenvalue weighted by Gasteiger charge is -2.32. The standard InChI is InChI=1S/C24H29N3O2/c28-24(11-15-29-22-4-2-1-3-5-22)26-17-19-9-13-27(14-10-19)18-20-6-7-23-21(16-20)8-12-25-23/h1-8,12,16,19,25H,9-11,13-15,17-18H2,(H,26,28). The molecule has 152 valence electrons. The highest BCUT2D eigenvalue weighted by Gasteiger charge is 2.19. The van der Waals surface area contributed by atoms with Crippen molar-refractivity contribution in [2.45, 2.75) is 25.8 Å². The van der Waals surface area contributed by atoms with Crippen molar-refractivity contribution in [1.82, 2.24) is 15.2 Å². The number of fused-ring (bicyclic) bond motifs is 1. The molecule has 1 aliphatic rings. The fraction of sp³-hybridized carbons (Fsp3) is 0.375. The molecule has 2 heterocycles. The Morgan fingerprint density at radius 2 is 1.93 bits per heavy atom. The van der Waals surface area contributed by atoms with Gasteiger partial charge in [-0.15, -0.1) is 0 Å². The van der Waals surface area contributed by atoms with Crippen molar-refractivity contribution >= 4 is 16.8 Å². The van der Waals surface area contributed by atoms with E-state index in [1.165, 1.54) is 16.5 Å². The summed E-state index contributed by atoms with van der Waals surface area (Å²) in [6.07, 6.45) is 4.65. The number of aromatic amines is 1. The van der Waals surface area contributed by atoms with Gasteiger partial charge in [-0.05, 0) is 73.1 Å². The third-order valence-electron chi connectivity index (χ3n) is 5.66. The van der Waals surface area contributed by atoms with E-state index in [4.69, 9.17) is 4.74 Å². The average molecular weight is 392 g/mol. The van der Waals surface area contributed by atoms with Crippen LogP contribution in [0.3, 0.4) is 0 Å². The number of benzene rings is 2. The van der Waals surface area contributed by atoms with Gasteiger partial charge >= 0.3 is 0 Å². The van der Waals surface area contributed by atoms with Crippen molar-refractivity contribution < 1.29 is 9.53 Å². The number of H-pyrrole nitrogens is 1. The van der Waals surface area contributed by atoms with Crippen LogP contribution < -0.4 is 10.1 Å². The van der Waals surface area contributed by atoms with Gasteiger partial charge < -0.3 is 15.0 Å². The second kappa shape index (κ2) is 9.61. The van der Waals surface area contributed by atoms with E-state index >= 15 is 0 Å². The Labute approximate surface area is 172 Å². The Balaban J connectivity index is 1.13. The van der Waals surface area contributed by atoms with Crippen LogP contribution in [0.4, 0.5) is 0 Å². The van der Waals surface area contributed by atoms with Gasteiger partial charge in [0.25, 0.3) is 0 Å². The predicted octanol–water partition coefficient (Wildman–Crippen LogP) is 3.97. The molecule has 2 N–H and O–H groups in total. The number of carbonyl (C=O) groups is 1. The SMILES string of the molecule is O=C(CCOc1ccccc1)NCC1CCN(Cc2ccc3[nH]ccc3c2)CC1. The lowest BCUT2D eigenvalue weighted by Crippen LogP contribution is -2.38. The minimum atomic E-state index is 0.0724. The number of rotatable bonds is 8. The van der Waals surface area contributed by atoms with Crippen LogP contribution in [0.5, 0.6) is 5.75 Å². The first-order valence-electron chi connectivity index (χ1n) is 10.5. The summed E-state index contributed by atoms with van der Waals surface area (Å²) >= 11 is 0. The zero-order chi connectivity index (χ0) is 19.9. The minimum absolute atomic E-state index is 0.0724. The zero-order valence-corrected chi connectivity index (χ0v) is 16.8. The molecule has 1 saturated heterocycles. The Morgan fingerprint density at radius 3 is 2.76 bits per heavy atom. The summed E-state index contributed by atoms with van der Waals surface area (Å²) in [5.74, 6) is 1.45. The van der Waals surface area contributed by atoms with Crippen LogP contribution in [0, 0.1) is 5.92 Å². The van der Waals surface area contributed by atoms with Gasteiger partial charge in [0.1, 0.15) is 5.75 Å². The molecular formula is C24H29N3O2. The van der Waals surface area contributed by atoms with E-state index < -0.39 is 0 Å². The van der Waals surface area contributed by atoms with E-state index in [2.05, 4.69) is 39.5 Å². The number of nitrogens with zero attached hydrogens (tertiary/aromatic N) is 1. The molecule has 1 aliphatic heterocycles. The number of piperidine rings is 1. The molecule has 0 saturated carbocycles. The van der Waals surface area contributed by atoms with Crippen LogP contribution in [0.25, 0.3) is 10.9 Å². The van der Waals surface area contributed by atoms with Crippen LogP contribution in [0.2, 0.25) is 0 Å². The van der Waals surface area contributed by atoms with E-state index in [9.17, 15) is 4.79 Å². The summed E-state index contributed by atoms with van der Waals surface area (Å²) in [5, 5.41) is 4.35. The summed E-state index contributed by atoms with van der Waals surface area (Å²) in [7, 11) is 0. The molecule has 0 aliphatic carbocycles. The molecule has 2 aromatic carbocycles. The second-order valence-corrected chi connectivity index (χ2v) is 7.83. The molecule has 1 fully saturated rings. The Hall–Kier alpha value is -2.79. The molecule has 5 heteroatoms. The number of hydrogen-bond donors (Lipinski definition) is 2. The molecule has 3 aromatic rings. The third kappa shape index (κ3) is 5.61. The highest BCUT2D eigenvalue weighted by molar-refractivity contribution is 5.79. The van der Waals surface area contributed by atoms with Gasteiger partial charge in [0, 0.05) is 24.8 Å². The largest absolute Gasteiger partial charge is 0.493 e. The summed E-state index contributed by atoms with van der Waals surface area (Å²) in [4.78, 5) is 17.8. The van der Waals surface area contributed by atoms with Crippen LogP contribution in [-0.2, 0) is 11.3 Å². The lowest BCUT2D eigenvalue weighted by molar-refractivity contribution is -0.121. The second-order valence-electron chi connectivity index (χ2n) is 7.83. The molecule has 1 amide bonds. The van der Waals surface area contributed by atoms with E-state index in [0.717, 1.165) is 44.8 Å². The van der Waals surface area contributed by atoms with Crippen LogP contribution in [0.15, 0.2) is 60.8 Å². The summed E-state index contributed by atoms with van der Waals surface area (Å²) in [6, 6.07) is 18.4. The maximum atomic E-state index is 12.1. The average Bonchev–Trinajstić information content (AvgIpc) is 3.22. The number of likely N-dealkylation sites (tertiary alicyclic amines) is 1. The number of ether oxygens (including phenoxy) is 1. The van der Waals surface area contributed by atoms with Crippen LogP contribution in [0.1, 0.15) is 24.8 Å². The predicted molar refractivity (Wildman–Crippen MR) is 116 cm³/mol.